The Morgan fingerprint density at radius 3 is 2.58 bits per heavy atom. The summed E-state index contributed by atoms with van der Waals surface area (Å²) in [5.41, 5.74) is 0.379. The summed E-state index contributed by atoms with van der Waals surface area (Å²) in [4.78, 5) is 34.5. The molecule has 24 heavy (non-hydrogen) atoms. The van der Waals surface area contributed by atoms with Gasteiger partial charge < -0.3 is 10.4 Å². The van der Waals surface area contributed by atoms with Gasteiger partial charge in [-0.2, -0.15) is 5.10 Å². The smallest absolute Gasteiger partial charge is 0.303 e. The number of carbonyl (C=O) groups excluding carboxylic acids is 1. The van der Waals surface area contributed by atoms with Gasteiger partial charge in [-0.3, -0.25) is 14.4 Å². The van der Waals surface area contributed by atoms with Crippen molar-refractivity contribution >= 4 is 22.6 Å². The van der Waals surface area contributed by atoms with E-state index < -0.39 is 5.97 Å². The van der Waals surface area contributed by atoms with Crippen LogP contribution in [0.3, 0.4) is 0 Å². The van der Waals surface area contributed by atoms with Gasteiger partial charge in [-0.1, -0.05) is 24.6 Å². The summed E-state index contributed by atoms with van der Waals surface area (Å²) in [5.74, 6) is -0.962. The molecule has 1 aromatic heterocycles. The summed E-state index contributed by atoms with van der Waals surface area (Å²) < 4.78 is 1.25. The summed E-state index contributed by atoms with van der Waals surface area (Å²) >= 11 is 0. The van der Waals surface area contributed by atoms with E-state index in [9.17, 15) is 14.4 Å². The van der Waals surface area contributed by atoms with Gasteiger partial charge in [-0.15, -0.1) is 0 Å². The number of nitrogens with one attached hydrogen (secondary N) is 1. The van der Waals surface area contributed by atoms with Crippen LogP contribution in [-0.4, -0.2) is 33.3 Å². The van der Waals surface area contributed by atoms with Crippen LogP contribution in [0, 0.1) is 0 Å². The van der Waals surface area contributed by atoms with Gasteiger partial charge in [0.05, 0.1) is 17.5 Å². The van der Waals surface area contributed by atoms with E-state index in [4.69, 9.17) is 5.11 Å². The van der Waals surface area contributed by atoms with E-state index in [1.807, 2.05) is 6.07 Å². The molecule has 0 saturated heterocycles. The van der Waals surface area contributed by atoms with Crippen LogP contribution in [-0.2, 0) is 23.1 Å². The Labute approximate surface area is 139 Å². The molecule has 1 amide bonds. The normalized spacial score (nSPS) is 10.7. The lowest BCUT2D eigenvalue weighted by atomic mass is 10.1. The predicted octanol–water partition coefficient (Wildman–Crippen LogP) is 1.24. The molecule has 0 aliphatic rings. The largest absolute Gasteiger partial charge is 0.481 e. The van der Waals surface area contributed by atoms with E-state index in [1.165, 1.54) is 4.68 Å². The minimum absolute atomic E-state index is 0.101. The molecule has 0 aliphatic carbocycles. The number of hydrogen-bond donors (Lipinski definition) is 2. The fourth-order valence-corrected chi connectivity index (χ4v) is 2.53. The van der Waals surface area contributed by atoms with Crippen molar-refractivity contribution in [1.29, 1.82) is 0 Å². The molecule has 2 rings (SSSR count). The van der Waals surface area contributed by atoms with Gasteiger partial charge in [0.15, 0.2) is 0 Å². The molecular formula is C17H21N3O4. The maximum absolute atomic E-state index is 12.1. The minimum atomic E-state index is -0.799. The number of carboxylic acids is 1. The Bertz CT molecular complexity index is 798. The fourth-order valence-electron chi connectivity index (χ4n) is 2.53. The van der Waals surface area contributed by atoms with Gasteiger partial charge in [-0.05, 0) is 18.9 Å². The van der Waals surface area contributed by atoms with Crippen LogP contribution >= 0.6 is 0 Å². The third kappa shape index (κ3) is 4.65. The van der Waals surface area contributed by atoms with Gasteiger partial charge in [-0.25, -0.2) is 4.68 Å². The second-order valence-corrected chi connectivity index (χ2v) is 5.65. The molecule has 0 saturated carbocycles. The van der Waals surface area contributed by atoms with Crippen LogP contribution in [0.25, 0.3) is 10.8 Å². The van der Waals surface area contributed by atoms with Crippen LogP contribution in [0.5, 0.6) is 0 Å². The minimum Gasteiger partial charge on any atom is -0.481 e. The molecule has 0 aliphatic heterocycles. The molecule has 0 spiro atoms. The van der Waals surface area contributed by atoms with Gasteiger partial charge in [0, 0.05) is 25.4 Å². The van der Waals surface area contributed by atoms with Crippen molar-refractivity contribution in [3.63, 3.8) is 0 Å². The maximum atomic E-state index is 12.1. The van der Waals surface area contributed by atoms with Crippen molar-refractivity contribution in [2.45, 2.75) is 32.1 Å². The number of carbonyl (C=O) groups is 2. The summed E-state index contributed by atoms with van der Waals surface area (Å²) in [5, 5.41) is 16.8. The molecule has 2 N–H and O–H groups in total. The van der Waals surface area contributed by atoms with Crippen LogP contribution < -0.4 is 10.9 Å². The standard InChI is InChI=1S/C17H21N3O4/c1-20-17(24)13-8-5-4-7-12(13)14(19-20)11-15(21)18-10-6-2-3-9-16(22)23/h4-5,7-8H,2-3,6,9-11H2,1H3,(H,18,21)(H,22,23). The van der Waals surface area contributed by atoms with Crippen molar-refractivity contribution in [1.82, 2.24) is 15.1 Å². The number of aliphatic carboxylic acids is 1. The molecule has 0 fully saturated rings. The zero-order chi connectivity index (χ0) is 17.5. The molecule has 0 radical (unpaired) electrons. The van der Waals surface area contributed by atoms with Crippen LogP contribution in [0.15, 0.2) is 29.1 Å². The Kier molecular flexibility index (Phi) is 6.06. The Morgan fingerprint density at radius 1 is 1.17 bits per heavy atom. The summed E-state index contributed by atoms with van der Waals surface area (Å²) in [6.07, 6.45) is 2.36. The van der Waals surface area contributed by atoms with Gasteiger partial charge >= 0.3 is 5.97 Å². The van der Waals surface area contributed by atoms with E-state index in [2.05, 4.69) is 10.4 Å². The number of carboxylic acid groups (broad SMARTS) is 1. The predicted molar refractivity (Wildman–Crippen MR) is 89.8 cm³/mol. The van der Waals surface area contributed by atoms with E-state index >= 15 is 0 Å². The molecule has 7 heteroatoms. The van der Waals surface area contributed by atoms with Gasteiger partial charge in [0.2, 0.25) is 5.91 Å². The van der Waals surface area contributed by atoms with Crippen LogP contribution in [0.2, 0.25) is 0 Å². The quantitative estimate of drug-likeness (QED) is 0.709. The summed E-state index contributed by atoms with van der Waals surface area (Å²) in [6, 6.07) is 7.11. The number of hydrogen-bond acceptors (Lipinski definition) is 4. The highest BCUT2D eigenvalue weighted by Gasteiger charge is 2.11. The molecule has 0 atom stereocenters. The summed E-state index contributed by atoms with van der Waals surface area (Å²) in [7, 11) is 1.57. The average molecular weight is 331 g/mol. The number of rotatable bonds is 8. The number of amides is 1. The Hall–Kier alpha value is -2.70. The van der Waals surface area contributed by atoms with Crippen molar-refractivity contribution < 1.29 is 14.7 Å². The highest BCUT2D eigenvalue weighted by Crippen LogP contribution is 2.13. The first-order valence-electron chi connectivity index (χ1n) is 7.92. The van der Waals surface area contributed by atoms with Crippen LogP contribution in [0.4, 0.5) is 0 Å². The Morgan fingerprint density at radius 2 is 1.88 bits per heavy atom. The zero-order valence-corrected chi connectivity index (χ0v) is 13.6. The first kappa shape index (κ1) is 17.7. The molecule has 7 nitrogen and oxygen atoms in total. The molecule has 1 aromatic carbocycles. The third-order valence-electron chi connectivity index (χ3n) is 3.75. The monoisotopic (exact) mass is 331 g/mol. The maximum Gasteiger partial charge on any atom is 0.303 e. The van der Waals surface area contributed by atoms with E-state index in [0.29, 0.717) is 29.4 Å². The first-order chi connectivity index (χ1) is 11.5. The molecule has 128 valence electrons. The molecular weight excluding hydrogens is 310 g/mol. The average Bonchev–Trinajstić information content (AvgIpc) is 2.55. The number of benzene rings is 1. The molecule has 2 aromatic rings. The molecule has 0 unspecified atom stereocenters. The lowest BCUT2D eigenvalue weighted by Gasteiger charge is -2.08. The zero-order valence-electron chi connectivity index (χ0n) is 13.6. The van der Waals surface area contributed by atoms with Gasteiger partial charge in [0.25, 0.3) is 5.56 Å². The van der Waals surface area contributed by atoms with Crippen LogP contribution in [0.1, 0.15) is 31.4 Å². The first-order valence-corrected chi connectivity index (χ1v) is 7.92. The number of aromatic nitrogens is 2. The lowest BCUT2D eigenvalue weighted by molar-refractivity contribution is -0.137. The van der Waals surface area contributed by atoms with E-state index in [0.717, 1.165) is 12.8 Å². The highest BCUT2D eigenvalue weighted by molar-refractivity contribution is 5.88. The second kappa shape index (κ2) is 8.24. The number of fused-ring (bicyclic) bond motifs is 1. The highest BCUT2D eigenvalue weighted by atomic mass is 16.4. The fraction of sp³-hybridized carbons (Fsp3) is 0.412. The molecule has 1 heterocycles. The van der Waals surface area contributed by atoms with Gasteiger partial charge in [0.1, 0.15) is 0 Å². The van der Waals surface area contributed by atoms with Crippen molar-refractivity contribution in [2.24, 2.45) is 7.05 Å². The lowest BCUT2D eigenvalue weighted by Crippen LogP contribution is -2.28. The van der Waals surface area contributed by atoms with Crippen molar-refractivity contribution in [3.8, 4) is 0 Å². The SMILES string of the molecule is Cn1nc(CC(=O)NCCCCCC(=O)O)c2ccccc2c1=O. The topological polar surface area (TPSA) is 101 Å². The number of unbranched alkanes of at least 4 members (excludes halogenated alkanes) is 2. The van der Waals surface area contributed by atoms with E-state index in [-0.39, 0.29) is 24.3 Å². The number of aryl methyl sites for hydroxylation is 1. The van der Waals surface area contributed by atoms with Crippen molar-refractivity contribution in [2.75, 3.05) is 6.54 Å². The molecule has 0 bridgehead atoms. The summed E-state index contributed by atoms with van der Waals surface area (Å²) in [6.45, 7) is 0.502. The van der Waals surface area contributed by atoms with E-state index in [1.54, 1.807) is 25.2 Å². The third-order valence-corrected chi connectivity index (χ3v) is 3.75. The Balaban J connectivity index is 1.93. The number of nitrogens with zero attached hydrogens (tertiary/aromatic N) is 2. The second-order valence-electron chi connectivity index (χ2n) is 5.65. The van der Waals surface area contributed by atoms with Crippen molar-refractivity contribution in [3.05, 3.63) is 40.3 Å².